The molecule has 0 saturated carbocycles. The second kappa shape index (κ2) is 6.80. The van der Waals surface area contributed by atoms with E-state index in [0.717, 1.165) is 4.90 Å². The van der Waals surface area contributed by atoms with Gasteiger partial charge in [0, 0.05) is 19.7 Å². The van der Waals surface area contributed by atoms with E-state index in [0.29, 0.717) is 32.7 Å². The van der Waals surface area contributed by atoms with Crippen molar-refractivity contribution in [3.8, 4) is 0 Å². The lowest BCUT2D eigenvalue weighted by Gasteiger charge is -2.27. The van der Waals surface area contributed by atoms with Crippen molar-refractivity contribution in [3.63, 3.8) is 0 Å². The number of nitrogens with zero attached hydrogens (tertiary/aromatic N) is 2. The van der Waals surface area contributed by atoms with Crippen molar-refractivity contribution in [2.45, 2.75) is 6.42 Å². The van der Waals surface area contributed by atoms with E-state index < -0.39 is 31.1 Å². The Morgan fingerprint density at radius 2 is 1.67 bits per heavy atom. The summed E-state index contributed by atoms with van der Waals surface area (Å²) in [4.78, 5) is 35.4. The molecule has 2 amide bonds. The molecule has 1 aliphatic rings. The maximum atomic E-state index is 12.0. The highest BCUT2D eigenvalue weighted by molar-refractivity contribution is 5.84. The molecule has 0 spiro atoms. The molecular weight excluding hydrogens is 244 g/mol. The Morgan fingerprint density at radius 3 is 2.22 bits per heavy atom. The van der Waals surface area contributed by atoms with E-state index in [1.54, 1.807) is 0 Å². The van der Waals surface area contributed by atoms with Gasteiger partial charge in [-0.3, -0.25) is 9.59 Å². The van der Waals surface area contributed by atoms with Gasteiger partial charge in [0.2, 0.25) is 0 Å². The Labute approximate surface area is 104 Å². The van der Waals surface area contributed by atoms with Crippen LogP contribution >= 0.6 is 0 Å². The zero-order valence-electron chi connectivity index (χ0n) is 9.87. The standard InChI is InChI=1S/C10H16N2O6/c13-8(14)6-12(7-9(15)16)10(17)11-2-1-4-18-5-3-11/h1-7H2,(H,13,14)(H,15,16). The molecule has 0 aromatic heterocycles. The van der Waals surface area contributed by atoms with E-state index >= 15 is 0 Å². The highest BCUT2D eigenvalue weighted by Gasteiger charge is 2.25. The fourth-order valence-electron chi connectivity index (χ4n) is 1.66. The third-order valence-corrected chi connectivity index (χ3v) is 2.42. The fourth-order valence-corrected chi connectivity index (χ4v) is 1.66. The minimum atomic E-state index is -1.24. The van der Waals surface area contributed by atoms with Crippen LogP contribution in [-0.4, -0.2) is 77.4 Å². The van der Waals surface area contributed by atoms with Crippen LogP contribution in [0.15, 0.2) is 0 Å². The molecule has 2 N–H and O–H groups in total. The topological polar surface area (TPSA) is 107 Å². The minimum Gasteiger partial charge on any atom is -0.480 e. The number of carboxylic acids is 2. The fraction of sp³-hybridized carbons (Fsp3) is 0.700. The van der Waals surface area contributed by atoms with Crippen molar-refractivity contribution in [3.05, 3.63) is 0 Å². The number of urea groups is 1. The molecule has 0 radical (unpaired) electrons. The summed E-state index contributed by atoms with van der Waals surface area (Å²) >= 11 is 0. The first kappa shape index (κ1) is 14.2. The zero-order chi connectivity index (χ0) is 13.5. The molecule has 0 bridgehead atoms. The quantitative estimate of drug-likeness (QED) is 0.692. The van der Waals surface area contributed by atoms with Gasteiger partial charge in [-0.25, -0.2) is 4.79 Å². The van der Waals surface area contributed by atoms with E-state index in [9.17, 15) is 14.4 Å². The number of amides is 2. The average Bonchev–Trinajstić information content (AvgIpc) is 2.54. The van der Waals surface area contributed by atoms with Crippen LogP contribution in [-0.2, 0) is 14.3 Å². The number of carbonyl (C=O) groups excluding carboxylic acids is 1. The van der Waals surface area contributed by atoms with Crippen LogP contribution in [0, 0.1) is 0 Å². The molecule has 18 heavy (non-hydrogen) atoms. The SMILES string of the molecule is O=C(O)CN(CC(=O)O)C(=O)N1CCCOCC1. The average molecular weight is 260 g/mol. The van der Waals surface area contributed by atoms with E-state index in [1.165, 1.54) is 4.90 Å². The van der Waals surface area contributed by atoms with Crippen LogP contribution < -0.4 is 0 Å². The third kappa shape index (κ3) is 4.58. The van der Waals surface area contributed by atoms with Gasteiger partial charge >= 0.3 is 18.0 Å². The lowest BCUT2D eigenvalue weighted by Crippen LogP contribution is -2.48. The van der Waals surface area contributed by atoms with Crippen molar-refractivity contribution < 1.29 is 29.3 Å². The smallest absolute Gasteiger partial charge is 0.323 e. The highest BCUT2D eigenvalue weighted by Crippen LogP contribution is 2.04. The first-order valence-electron chi connectivity index (χ1n) is 5.56. The molecule has 0 aromatic rings. The van der Waals surface area contributed by atoms with Gasteiger partial charge in [-0.1, -0.05) is 0 Å². The number of carbonyl (C=O) groups is 3. The summed E-state index contributed by atoms with van der Waals surface area (Å²) in [6.07, 6.45) is 0.653. The largest absolute Gasteiger partial charge is 0.480 e. The molecule has 1 rings (SSSR count). The van der Waals surface area contributed by atoms with E-state index in [1.807, 2.05) is 0 Å². The molecule has 8 heteroatoms. The predicted octanol–water partition coefficient (Wildman–Crippen LogP) is -0.700. The predicted molar refractivity (Wildman–Crippen MR) is 59.2 cm³/mol. The van der Waals surface area contributed by atoms with Crippen molar-refractivity contribution in [2.24, 2.45) is 0 Å². The Hall–Kier alpha value is -1.83. The van der Waals surface area contributed by atoms with Gasteiger partial charge in [-0.05, 0) is 6.42 Å². The monoisotopic (exact) mass is 260 g/mol. The number of rotatable bonds is 4. The van der Waals surface area contributed by atoms with Crippen LogP contribution in [0.4, 0.5) is 4.79 Å². The van der Waals surface area contributed by atoms with Crippen LogP contribution in [0.2, 0.25) is 0 Å². The van der Waals surface area contributed by atoms with Gasteiger partial charge in [0.15, 0.2) is 0 Å². The molecule has 0 unspecified atom stereocenters. The molecule has 102 valence electrons. The first-order chi connectivity index (χ1) is 8.50. The van der Waals surface area contributed by atoms with Gasteiger partial charge in [0.05, 0.1) is 6.61 Å². The summed E-state index contributed by atoms with van der Waals surface area (Å²) in [5.74, 6) is -2.48. The second-order valence-electron chi connectivity index (χ2n) is 3.88. The lowest BCUT2D eigenvalue weighted by molar-refractivity contribution is -0.140. The van der Waals surface area contributed by atoms with Crippen LogP contribution in [0.3, 0.4) is 0 Å². The molecule has 0 atom stereocenters. The highest BCUT2D eigenvalue weighted by atomic mass is 16.5. The Bertz CT molecular complexity index is 308. The van der Waals surface area contributed by atoms with Crippen LogP contribution in [0.5, 0.6) is 0 Å². The van der Waals surface area contributed by atoms with E-state index in [4.69, 9.17) is 14.9 Å². The van der Waals surface area contributed by atoms with Crippen molar-refractivity contribution in [1.29, 1.82) is 0 Å². The summed E-state index contributed by atoms with van der Waals surface area (Å²) in [6.45, 7) is 0.454. The lowest BCUT2D eigenvalue weighted by atomic mass is 10.4. The maximum Gasteiger partial charge on any atom is 0.323 e. The van der Waals surface area contributed by atoms with Gasteiger partial charge in [0.25, 0.3) is 0 Å². The molecule has 0 aliphatic carbocycles. The molecule has 0 aromatic carbocycles. The van der Waals surface area contributed by atoms with E-state index in [2.05, 4.69) is 0 Å². The van der Waals surface area contributed by atoms with Gasteiger partial charge in [0.1, 0.15) is 13.1 Å². The summed E-state index contributed by atoms with van der Waals surface area (Å²) in [7, 11) is 0. The minimum absolute atomic E-state index is 0.342. The summed E-state index contributed by atoms with van der Waals surface area (Å²) in [6, 6.07) is -0.578. The Balaban J connectivity index is 2.66. The van der Waals surface area contributed by atoms with Crippen LogP contribution in [0.1, 0.15) is 6.42 Å². The number of carboxylic acid groups (broad SMARTS) is 2. The van der Waals surface area contributed by atoms with Gasteiger partial charge in [-0.15, -0.1) is 0 Å². The normalized spacial score (nSPS) is 15.9. The molecule has 1 aliphatic heterocycles. The molecule has 8 nitrogen and oxygen atoms in total. The van der Waals surface area contributed by atoms with Crippen molar-refractivity contribution in [2.75, 3.05) is 39.4 Å². The number of aliphatic carboxylic acids is 2. The molecule has 1 heterocycles. The van der Waals surface area contributed by atoms with Crippen molar-refractivity contribution >= 4 is 18.0 Å². The summed E-state index contributed by atoms with van der Waals surface area (Å²) in [5, 5.41) is 17.3. The Morgan fingerprint density at radius 1 is 1.06 bits per heavy atom. The Kier molecular flexibility index (Phi) is 5.37. The second-order valence-corrected chi connectivity index (χ2v) is 3.88. The number of hydrogen-bond acceptors (Lipinski definition) is 4. The molecular formula is C10H16N2O6. The number of hydrogen-bond donors (Lipinski definition) is 2. The first-order valence-corrected chi connectivity index (χ1v) is 5.56. The van der Waals surface area contributed by atoms with E-state index in [-0.39, 0.29) is 0 Å². The van der Waals surface area contributed by atoms with Gasteiger partial charge in [-0.2, -0.15) is 0 Å². The maximum absolute atomic E-state index is 12.0. The van der Waals surface area contributed by atoms with Gasteiger partial charge < -0.3 is 24.7 Å². The summed E-state index contributed by atoms with van der Waals surface area (Å²) < 4.78 is 5.17. The number of ether oxygens (including phenoxy) is 1. The molecule has 1 saturated heterocycles. The third-order valence-electron chi connectivity index (χ3n) is 2.42. The van der Waals surface area contributed by atoms with Crippen molar-refractivity contribution in [1.82, 2.24) is 9.80 Å². The summed E-state index contributed by atoms with van der Waals surface area (Å²) in [5.41, 5.74) is 0. The zero-order valence-corrected chi connectivity index (χ0v) is 9.87. The molecule has 1 fully saturated rings. The van der Waals surface area contributed by atoms with Crippen LogP contribution in [0.25, 0.3) is 0 Å².